The molecule has 1 amide bonds. The number of ketones is 1. The Morgan fingerprint density at radius 3 is 2.89 bits per heavy atom. The van der Waals surface area contributed by atoms with E-state index in [0.29, 0.717) is 10.7 Å². The summed E-state index contributed by atoms with van der Waals surface area (Å²) in [4.78, 5) is 43.3. The number of fused-ring (bicyclic) bond motifs is 1. The molecule has 1 atom stereocenters. The first-order valence-electron chi connectivity index (χ1n) is 9.16. The molecular formula is C20H23N3O3S. The highest BCUT2D eigenvalue weighted by Crippen LogP contribution is 2.26. The van der Waals surface area contributed by atoms with Crippen LogP contribution in [0.5, 0.6) is 0 Å². The molecule has 0 radical (unpaired) electrons. The van der Waals surface area contributed by atoms with Gasteiger partial charge in [-0.1, -0.05) is 32.0 Å². The standard InChI is InChI=1S/C20H23N3O3S/c1-3-4-15-10-18(25)23-20(21-15)27-11-17(24)14-7-8-16-13(9-14)6-5-12(2)19(26)22-16/h7-10,12H,3-6,11H2,1-2H3,(H,22,26)(H,21,23,25). The summed E-state index contributed by atoms with van der Waals surface area (Å²) in [6.07, 6.45) is 3.17. The Morgan fingerprint density at radius 1 is 1.30 bits per heavy atom. The van der Waals surface area contributed by atoms with E-state index in [1.807, 2.05) is 19.9 Å². The lowest BCUT2D eigenvalue weighted by Gasteiger charge is -2.09. The van der Waals surface area contributed by atoms with Gasteiger partial charge in [0, 0.05) is 28.9 Å². The molecule has 7 heteroatoms. The predicted octanol–water partition coefficient (Wildman–Crippen LogP) is 3.22. The van der Waals surface area contributed by atoms with Crippen LogP contribution in [-0.2, 0) is 17.6 Å². The maximum atomic E-state index is 12.6. The summed E-state index contributed by atoms with van der Waals surface area (Å²) < 4.78 is 0. The van der Waals surface area contributed by atoms with Gasteiger partial charge < -0.3 is 10.3 Å². The number of carbonyl (C=O) groups excluding carboxylic acids is 2. The zero-order chi connectivity index (χ0) is 19.4. The molecule has 0 fully saturated rings. The van der Waals surface area contributed by atoms with Gasteiger partial charge >= 0.3 is 0 Å². The van der Waals surface area contributed by atoms with E-state index in [0.717, 1.165) is 42.6 Å². The van der Waals surface area contributed by atoms with Crippen molar-refractivity contribution >= 4 is 29.1 Å². The minimum absolute atomic E-state index is 0.0189. The van der Waals surface area contributed by atoms with E-state index in [9.17, 15) is 14.4 Å². The fourth-order valence-electron chi connectivity index (χ4n) is 3.01. The second-order valence-corrected chi connectivity index (χ2v) is 7.77. The fourth-order valence-corrected chi connectivity index (χ4v) is 3.80. The van der Waals surface area contributed by atoms with Gasteiger partial charge in [0.25, 0.3) is 5.56 Å². The molecule has 0 saturated heterocycles. The predicted molar refractivity (Wildman–Crippen MR) is 106 cm³/mol. The maximum Gasteiger partial charge on any atom is 0.251 e. The number of rotatable bonds is 6. The highest BCUT2D eigenvalue weighted by atomic mass is 32.2. The monoisotopic (exact) mass is 385 g/mol. The van der Waals surface area contributed by atoms with Crippen LogP contribution in [0.25, 0.3) is 0 Å². The lowest BCUT2D eigenvalue weighted by Crippen LogP contribution is -2.18. The van der Waals surface area contributed by atoms with Crippen LogP contribution >= 0.6 is 11.8 Å². The number of hydrogen-bond donors (Lipinski definition) is 2. The van der Waals surface area contributed by atoms with E-state index >= 15 is 0 Å². The number of H-pyrrole nitrogens is 1. The van der Waals surface area contributed by atoms with Crippen LogP contribution in [0, 0.1) is 5.92 Å². The molecule has 3 rings (SSSR count). The molecule has 6 nitrogen and oxygen atoms in total. The number of thioether (sulfide) groups is 1. The summed E-state index contributed by atoms with van der Waals surface area (Å²) in [6, 6.07) is 6.89. The number of nitrogens with one attached hydrogen (secondary N) is 2. The zero-order valence-corrected chi connectivity index (χ0v) is 16.3. The van der Waals surface area contributed by atoms with Crippen LogP contribution in [0.15, 0.2) is 34.2 Å². The Morgan fingerprint density at radius 2 is 2.11 bits per heavy atom. The summed E-state index contributed by atoms with van der Waals surface area (Å²) in [5, 5.41) is 3.38. The van der Waals surface area contributed by atoms with Gasteiger partial charge in [-0.05, 0) is 43.0 Å². The molecule has 1 aromatic heterocycles. The van der Waals surface area contributed by atoms with Crippen LogP contribution in [0.4, 0.5) is 5.69 Å². The molecule has 0 saturated carbocycles. The number of nitrogens with zero attached hydrogens (tertiary/aromatic N) is 1. The topological polar surface area (TPSA) is 91.9 Å². The highest BCUT2D eigenvalue weighted by Gasteiger charge is 2.20. The van der Waals surface area contributed by atoms with Gasteiger partial charge in [-0.25, -0.2) is 4.98 Å². The van der Waals surface area contributed by atoms with Gasteiger partial charge in [0.05, 0.1) is 5.75 Å². The first-order chi connectivity index (χ1) is 13.0. The molecule has 1 aromatic carbocycles. The Hall–Kier alpha value is -2.41. The Labute approximate surface area is 162 Å². The summed E-state index contributed by atoms with van der Waals surface area (Å²) in [6.45, 7) is 3.94. The van der Waals surface area contributed by atoms with Crippen molar-refractivity contribution in [2.75, 3.05) is 11.1 Å². The molecule has 2 heterocycles. The van der Waals surface area contributed by atoms with Crippen molar-refractivity contribution in [1.29, 1.82) is 0 Å². The van der Waals surface area contributed by atoms with E-state index in [4.69, 9.17) is 0 Å². The van der Waals surface area contributed by atoms with Crippen LogP contribution in [0.1, 0.15) is 48.3 Å². The minimum Gasteiger partial charge on any atom is -0.326 e. The van der Waals surface area contributed by atoms with Crippen molar-refractivity contribution < 1.29 is 9.59 Å². The van der Waals surface area contributed by atoms with Crippen LogP contribution in [-0.4, -0.2) is 27.4 Å². The van der Waals surface area contributed by atoms with E-state index in [2.05, 4.69) is 15.3 Å². The van der Waals surface area contributed by atoms with E-state index in [-0.39, 0.29) is 28.9 Å². The molecule has 0 aliphatic carbocycles. The Kier molecular flexibility index (Phi) is 6.11. The van der Waals surface area contributed by atoms with Gasteiger partial charge in [0.2, 0.25) is 5.91 Å². The molecule has 1 aliphatic heterocycles. The third-order valence-electron chi connectivity index (χ3n) is 4.60. The molecule has 142 valence electrons. The molecule has 2 N–H and O–H groups in total. The van der Waals surface area contributed by atoms with E-state index < -0.39 is 0 Å². The van der Waals surface area contributed by atoms with Crippen molar-refractivity contribution in [3.63, 3.8) is 0 Å². The molecule has 2 aromatic rings. The fraction of sp³-hybridized carbons (Fsp3) is 0.400. The number of hydrogen-bond acceptors (Lipinski definition) is 5. The number of Topliss-reactive ketones (excluding diaryl/α,β-unsaturated/α-hetero) is 1. The number of benzene rings is 1. The van der Waals surface area contributed by atoms with Crippen molar-refractivity contribution in [2.45, 2.75) is 44.7 Å². The van der Waals surface area contributed by atoms with E-state index in [1.165, 1.54) is 17.8 Å². The smallest absolute Gasteiger partial charge is 0.251 e. The Bertz CT molecular complexity index is 923. The number of aryl methyl sites for hydroxylation is 2. The Balaban J connectivity index is 1.70. The van der Waals surface area contributed by atoms with Crippen LogP contribution < -0.4 is 10.9 Å². The summed E-state index contributed by atoms with van der Waals surface area (Å²) in [7, 11) is 0. The molecule has 27 heavy (non-hydrogen) atoms. The van der Waals surface area contributed by atoms with Crippen molar-refractivity contribution in [3.05, 3.63) is 51.4 Å². The third-order valence-corrected chi connectivity index (χ3v) is 5.47. The molecular weight excluding hydrogens is 362 g/mol. The van der Waals surface area contributed by atoms with Crippen LogP contribution in [0.2, 0.25) is 0 Å². The van der Waals surface area contributed by atoms with Gasteiger partial charge in [0.1, 0.15) is 0 Å². The van der Waals surface area contributed by atoms with E-state index in [1.54, 1.807) is 12.1 Å². The normalized spacial score (nSPS) is 16.4. The number of carbonyl (C=O) groups is 2. The minimum atomic E-state index is -0.196. The number of aromatic nitrogens is 2. The largest absolute Gasteiger partial charge is 0.326 e. The van der Waals surface area contributed by atoms with Gasteiger partial charge in [0.15, 0.2) is 10.9 Å². The van der Waals surface area contributed by atoms with Crippen LogP contribution in [0.3, 0.4) is 0 Å². The SMILES string of the molecule is CCCc1cc(=O)[nH]c(SCC(=O)c2ccc3c(c2)CCC(C)C(=O)N3)n1. The summed E-state index contributed by atoms with van der Waals surface area (Å²) in [5.74, 6) is 0.144. The van der Waals surface area contributed by atoms with Gasteiger partial charge in [-0.2, -0.15) is 0 Å². The number of amides is 1. The number of anilines is 1. The zero-order valence-electron chi connectivity index (χ0n) is 15.5. The maximum absolute atomic E-state index is 12.6. The lowest BCUT2D eigenvalue weighted by molar-refractivity contribution is -0.119. The average molecular weight is 385 g/mol. The lowest BCUT2D eigenvalue weighted by atomic mass is 10.00. The quantitative estimate of drug-likeness (QED) is 0.452. The average Bonchev–Trinajstić information content (AvgIpc) is 2.78. The molecule has 1 aliphatic rings. The van der Waals surface area contributed by atoms with Crippen molar-refractivity contribution in [1.82, 2.24) is 9.97 Å². The first-order valence-corrected chi connectivity index (χ1v) is 10.1. The second-order valence-electron chi connectivity index (χ2n) is 6.80. The molecule has 0 bridgehead atoms. The summed E-state index contributed by atoms with van der Waals surface area (Å²) >= 11 is 1.23. The van der Waals surface area contributed by atoms with Gasteiger partial charge in [-0.3, -0.25) is 14.4 Å². The molecule has 1 unspecified atom stereocenters. The summed E-state index contributed by atoms with van der Waals surface area (Å²) in [5.41, 5.74) is 2.92. The first kappa shape index (κ1) is 19.4. The third kappa shape index (κ3) is 4.86. The number of aromatic amines is 1. The second kappa shape index (κ2) is 8.52. The van der Waals surface area contributed by atoms with Crippen molar-refractivity contribution in [2.24, 2.45) is 5.92 Å². The van der Waals surface area contributed by atoms with Crippen molar-refractivity contribution in [3.8, 4) is 0 Å². The highest BCUT2D eigenvalue weighted by molar-refractivity contribution is 7.99. The van der Waals surface area contributed by atoms with Gasteiger partial charge in [-0.15, -0.1) is 0 Å². The molecule has 0 spiro atoms.